The molecule has 2 aromatic heterocycles. The number of amides is 3. The average Bonchev–Trinajstić information content (AvgIpc) is 1.16. The Labute approximate surface area is 753 Å². The SMILES string of the molecule is C=C[C@@H]1O[C@@H]2C3=C(C)[C@@H](OC(=O)[C@H](O)[C@@H](NC(=O)OC(C)(C)C)c4ncccc4F)C[C@@](O)([C@@H](OC(=O)c4ccccc4)[C@H]4[C@@](C)(CC[C@H]5OC[C@]54OC(C)=O)[C@@H]2O1)C3(C)C.CC(=O)O[C@@]12CO[C@@H]1CC[C@@]1(C)[C@@H]3O[C@H](CN4CC(C(=O)N(C)C)C4)O[C@@H]3C3=C(C)[C@@H](OC(=O)[C@H](O)[C@@H](NC(=O)OC(C)(C)C)c4ncccc4F)C[C@@](O)([C@@H](OC(=O)c4ccccc4)[C@@H]12)C3(C)C. The first-order valence-electron chi connectivity index (χ1n) is 44.1. The van der Waals surface area contributed by atoms with E-state index in [0.29, 0.717) is 61.1 Å². The first-order valence-corrected chi connectivity index (χ1v) is 44.1. The second kappa shape index (κ2) is 35.6. The number of nitrogens with one attached hydrogen (secondary N) is 2. The number of aromatic nitrogens is 2. The number of carbonyl (C=O) groups excluding carboxylic acids is 9. The standard InChI is InChI=1S/C50H65FN4O14.C45H55FN2O13/c1-26-31(64-44(60)37(57)36(35-30(51)17-14-20-52-35)53-45(61)69-46(3,4)5)21-50(62)41(67-43(59)28-15-12-11-13-16-28)39-48(8,19-18-32-49(39,25-63-32)68-27(2)56)40-38(34(26)47(50,6)7)65-33(66-40)24-55-22-29(23-55)42(58)54(9)10;1-10-29-57-34-30-23(2)27(56-39(52)33(50)32(31-26(46)17-14-20-47-31)48-40(53)61-41(4,5)6)21-45(54,42(30,7)8)37(59-38(51)25-15-12-11-13-16-25)35-43(9,36(34)58-29)19-18-28-44(35,22-55-28)60-24(3)49/h11-17,20,29,31-33,36-41,57,62H,18-19,21-25H2,1-10H3,(H,53,61);10-17,20,27-29,32-37,50,54H,1,18-19,21-22H2,2-9H3,(H,48,53)/t31-,32+,33+,36-,37+,38+,39-,40+,41-,48+,49-,50+;27-,28+,29+,32-,33+,34+,35-,36+,37-,43+,44-,45+/m00/s1. The third-order valence-corrected chi connectivity index (χ3v) is 28.6. The first-order chi connectivity index (χ1) is 60.9. The minimum Gasteiger partial charge on any atom is -0.456 e. The number of hydrogen-bond acceptors (Lipinski definition) is 30. The second-order valence-electron chi connectivity index (χ2n) is 40.0. The molecule has 0 spiro atoms. The van der Waals surface area contributed by atoms with Gasteiger partial charge in [0.2, 0.25) is 5.91 Å². The molecule has 4 bridgehead atoms. The molecule has 706 valence electrons. The fraction of sp³-hybridized carbons (Fsp3) is 0.611. The van der Waals surface area contributed by atoms with Gasteiger partial charge in [-0.05, 0) is 158 Å². The number of rotatable bonds is 20. The highest BCUT2D eigenvalue weighted by Gasteiger charge is 2.80. The van der Waals surface area contributed by atoms with Gasteiger partial charge in [0.25, 0.3) is 0 Å². The molecule has 35 heteroatoms. The van der Waals surface area contributed by atoms with Crippen LogP contribution < -0.4 is 10.6 Å². The summed E-state index contributed by atoms with van der Waals surface area (Å²) >= 11 is 0. The van der Waals surface area contributed by atoms with E-state index < -0.39 is 249 Å². The maximum Gasteiger partial charge on any atom is 0.408 e. The van der Waals surface area contributed by atoms with Crippen LogP contribution in [0.15, 0.2) is 132 Å². The molecule has 5 aliphatic heterocycles. The number of nitrogens with zero attached hydrogens (tertiary/aromatic N) is 4. The highest BCUT2D eigenvalue weighted by molar-refractivity contribution is 5.90. The van der Waals surface area contributed by atoms with Crippen molar-refractivity contribution in [1.82, 2.24) is 30.4 Å². The number of likely N-dealkylation sites (tertiary alicyclic amines) is 1. The quantitative estimate of drug-likeness (QED) is 0.0272. The van der Waals surface area contributed by atoms with E-state index in [4.69, 9.17) is 66.3 Å². The number of carbonyl (C=O) groups is 9. The second-order valence-corrected chi connectivity index (χ2v) is 40.0. The summed E-state index contributed by atoms with van der Waals surface area (Å²) in [6, 6.07) is 17.6. The van der Waals surface area contributed by atoms with Crippen LogP contribution in [0.25, 0.3) is 0 Å². The molecule has 0 unspecified atom stereocenters. The highest BCUT2D eigenvalue weighted by Crippen LogP contribution is 2.70. The van der Waals surface area contributed by atoms with Crippen LogP contribution in [-0.2, 0) is 90.3 Å². The fourth-order valence-electron chi connectivity index (χ4n) is 22.4. The molecule has 33 nitrogen and oxygen atoms in total. The van der Waals surface area contributed by atoms with Crippen LogP contribution in [0.4, 0.5) is 18.4 Å². The smallest absolute Gasteiger partial charge is 0.408 e. The van der Waals surface area contributed by atoms with E-state index in [9.17, 15) is 63.6 Å². The van der Waals surface area contributed by atoms with Gasteiger partial charge < -0.3 is 102 Å². The molecule has 0 radical (unpaired) electrons. The Morgan fingerprint density at radius 1 is 0.585 bits per heavy atom. The monoisotopic (exact) mass is 1810 g/mol. The van der Waals surface area contributed by atoms with Crippen molar-refractivity contribution in [1.29, 1.82) is 0 Å². The largest absolute Gasteiger partial charge is 0.456 e. The molecule has 15 rings (SSSR count). The number of aliphatic hydroxyl groups excluding tert-OH is 2. The lowest BCUT2D eigenvalue weighted by Gasteiger charge is -2.68. The Kier molecular flexibility index (Phi) is 26.4. The van der Waals surface area contributed by atoms with Gasteiger partial charge in [0, 0.05) is 94.5 Å². The van der Waals surface area contributed by atoms with Gasteiger partial charge in [-0.1, -0.05) is 84.5 Å². The highest BCUT2D eigenvalue weighted by atomic mass is 19.1. The molecule has 9 fully saturated rings. The number of halogens is 2. The van der Waals surface area contributed by atoms with E-state index in [1.165, 1.54) is 44.4 Å². The van der Waals surface area contributed by atoms with Gasteiger partial charge in [-0.3, -0.25) is 29.3 Å². The lowest BCUT2D eigenvalue weighted by molar-refractivity contribution is -0.345. The summed E-state index contributed by atoms with van der Waals surface area (Å²) in [5.41, 5.74) is -12.7. The lowest BCUT2D eigenvalue weighted by atomic mass is 9.45. The van der Waals surface area contributed by atoms with Crippen molar-refractivity contribution >= 4 is 53.9 Å². The van der Waals surface area contributed by atoms with Gasteiger partial charge in [-0.15, -0.1) is 0 Å². The normalized spacial score (nSPS) is 34.1. The molecular weight excluding hydrogens is 1700 g/mol. The number of ether oxygens (including phenoxy) is 14. The van der Waals surface area contributed by atoms with Gasteiger partial charge in [-0.2, -0.15) is 0 Å². The van der Waals surface area contributed by atoms with Crippen molar-refractivity contribution in [3.63, 3.8) is 0 Å². The van der Waals surface area contributed by atoms with Gasteiger partial charge in [-0.25, -0.2) is 37.5 Å². The van der Waals surface area contributed by atoms with Crippen molar-refractivity contribution in [2.75, 3.05) is 46.9 Å². The average molecular weight is 1820 g/mol. The Morgan fingerprint density at radius 2 is 0.985 bits per heavy atom. The van der Waals surface area contributed by atoms with Gasteiger partial charge >= 0.3 is 48.0 Å². The summed E-state index contributed by atoms with van der Waals surface area (Å²) in [5.74, 6) is -9.48. The molecular formula is C95H120F2N6O27. The van der Waals surface area contributed by atoms with Crippen molar-refractivity contribution in [2.45, 2.75) is 281 Å². The van der Waals surface area contributed by atoms with E-state index in [-0.39, 0.29) is 42.7 Å². The Balaban J connectivity index is 0.000000211. The summed E-state index contributed by atoms with van der Waals surface area (Å²) in [6.45, 7) is 31.6. The molecule has 6 aliphatic carbocycles. The molecule has 130 heavy (non-hydrogen) atoms. The van der Waals surface area contributed by atoms with Gasteiger partial charge in [0.15, 0.2) is 36.0 Å². The number of pyridine rings is 2. The Bertz CT molecular complexity index is 5100. The number of esters is 6. The van der Waals surface area contributed by atoms with Crippen molar-refractivity contribution < 1.29 is 139 Å². The lowest BCUT2D eigenvalue weighted by Crippen LogP contribution is -2.79. The zero-order chi connectivity index (χ0) is 94.6. The van der Waals surface area contributed by atoms with E-state index in [1.54, 1.807) is 163 Å². The van der Waals surface area contributed by atoms with Crippen LogP contribution >= 0.6 is 0 Å². The number of fused-ring (bicyclic) bond motifs is 16. The van der Waals surface area contributed by atoms with Gasteiger partial charge in [0.1, 0.15) is 106 Å². The predicted molar refractivity (Wildman–Crippen MR) is 454 cm³/mol. The third-order valence-electron chi connectivity index (χ3n) is 28.6. The summed E-state index contributed by atoms with van der Waals surface area (Å²) in [6.07, 6.45) is -14.2. The molecule has 6 N–H and O–H groups in total. The molecule has 11 aliphatic rings. The minimum absolute atomic E-state index is 0.00896. The van der Waals surface area contributed by atoms with Crippen LogP contribution in [0.2, 0.25) is 0 Å². The fourth-order valence-corrected chi connectivity index (χ4v) is 22.4. The van der Waals surface area contributed by atoms with Crippen molar-refractivity contribution in [2.24, 2.45) is 39.4 Å². The summed E-state index contributed by atoms with van der Waals surface area (Å²) in [5, 5.41) is 56.0. The van der Waals surface area contributed by atoms with Crippen molar-refractivity contribution in [3.05, 3.63) is 166 Å². The number of hydrogen-bond donors (Lipinski definition) is 6. The number of alkyl carbamates (subject to hydrolysis) is 2. The zero-order valence-electron chi connectivity index (χ0n) is 76.5. The molecule has 24 atom stereocenters. The van der Waals surface area contributed by atoms with Crippen LogP contribution in [0.1, 0.15) is 193 Å². The summed E-state index contributed by atoms with van der Waals surface area (Å²) in [4.78, 5) is 135. The van der Waals surface area contributed by atoms with Gasteiger partial charge in [0.05, 0.1) is 54.3 Å². The van der Waals surface area contributed by atoms with E-state index in [1.807, 2.05) is 13.8 Å². The molecule has 7 heterocycles. The maximum atomic E-state index is 15.4. The first kappa shape index (κ1) is 96.3. The molecule has 2 aromatic carbocycles. The van der Waals surface area contributed by atoms with Crippen LogP contribution in [0.3, 0.4) is 0 Å². The molecule has 4 aromatic rings. The number of aliphatic hydroxyl groups is 4. The Hall–Kier alpha value is -9.79. The van der Waals surface area contributed by atoms with Crippen LogP contribution in [-0.4, -0.2) is 260 Å². The topological polar surface area (TPSA) is 420 Å². The minimum atomic E-state index is -2.27. The Morgan fingerprint density at radius 3 is 1.35 bits per heavy atom. The number of benzene rings is 2. The van der Waals surface area contributed by atoms with Crippen LogP contribution in [0, 0.1) is 51.0 Å². The van der Waals surface area contributed by atoms with E-state index in [2.05, 4.69) is 32.1 Å². The summed E-state index contributed by atoms with van der Waals surface area (Å²) < 4.78 is 119. The molecule has 3 amide bonds. The molecule has 5 saturated heterocycles. The summed E-state index contributed by atoms with van der Waals surface area (Å²) in [7, 11) is 3.43. The van der Waals surface area contributed by atoms with E-state index in [0.717, 1.165) is 12.1 Å². The van der Waals surface area contributed by atoms with Crippen LogP contribution in [0.5, 0.6) is 0 Å². The zero-order valence-corrected chi connectivity index (χ0v) is 76.5. The maximum absolute atomic E-state index is 15.4. The molecule has 4 saturated carbocycles. The van der Waals surface area contributed by atoms with Crippen molar-refractivity contribution in [3.8, 4) is 0 Å². The van der Waals surface area contributed by atoms with E-state index >= 15 is 8.78 Å². The predicted octanol–water partition coefficient (Wildman–Crippen LogP) is 9.21. The third kappa shape index (κ3) is 17.3.